The summed E-state index contributed by atoms with van der Waals surface area (Å²) in [6.45, 7) is 7.63. The molecule has 0 aliphatic heterocycles. The average Bonchev–Trinajstić information content (AvgIpc) is 2.71. The van der Waals surface area contributed by atoms with Crippen molar-refractivity contribution in [2.45, 2.75) is 27.7 Å². The van der Waals surface area contributed by atoms with Crippen molar-refractivity contribution in [1.29, 1.82) is 0 Å². The first-order valence-electron chi connectivity index (χ1n) is 9.69. The molecule has 7 nitrogen and oxygen atoms in total. The second-order valence-electron chi connectivity index (χ2n) is 6.19. The maximum absolute atomic E-state index is 13.6. The molecule has 0 spiro atoms. The number of carbonyl (C=O) groups excluding carboxylic acids is 2. The number of hydrogen-bond acceptors (Lipinski definition) is 6. The van der Waals surface area contributed by atoms with Crippen molar-refractivity contribution in [3.05, 3.63) is 47.3 Å². The molecular formula is C22H26FNO6. The monoisotopic (exact) mass is 419 g/mol. The summed E-state index contributed by atoms with van der Waals surface area (Å²) >= 11 is 0. The Hall–Kier alpha value is -3.29. The highest BCUT2D eigenvalue weighted by molar-refractivity contribution is 5.96. The topological polar surface area (TPSA) is 83.1 Å². The zero-order valence-electron chi connectivity index (χ0n) is 17.5. The lowest BCUT2D eigenvalue weighted by molar-refractivity contribution is -0.119. The predicted octanol–water partition coefficient (Wildman–Crippen LogP) is 4.13. The van der Waals surface area contributed by atoms with Crippen LogP contribution in [0.3, 0.4) is 0 Å². The van der Waals surface area contributed by atoms with Crippen LogP contribution < -0.4 is 19.5 Å². The molecule has 162 valence electrons. The van der Waals surface area contributed by atoms with Gasteiger partial charge in [-0.3, -0.25) is 4.79 Å². The Morgan fingerprint density at radius 2 is 1.53 bits per heavy atom. The Labute approximate surface area is 175 Å². The SMILES string of the molecule is CCOc1cc(C(=O)OCC(=O)Nc2ccc(C)c(F)c2)cc(OCC)c1OCC. The lowest BCUT2D eigenvalue weighted by atomic mass is 10.2. The Morgan fingerprint density at radius 3 is 2.07 bits per heavy atom. The molecule has 30 heavy (non-hydrogen) atoms. The van der Waals surface area contributed by atoms with Crippen molar-refractivity contribution in [2.24, 2.45) is 0 Å². The first-order chi connectivity index (χ1) is 14.4. The Morgan fingerprint density at radius 1 is 0.933 bits per heavy atom. The van der Waals surface area contributed by atoms with Crippen LogP contribution in [-0.4, -0.2) is 38.3 Å². The van der Waals surface area contributed by atoms with E-state index in [1.54, 1.807) is 32.9 Å². The molecule has 0 aliphatic rings. The van der Waals surface area contributed by atoms with E-state index in [9.17, 15) is 14.0 Å². The third-order valence-electron chi connectivity index (χ3n) is 3.93. The summed E-state index contributed by atoms with van der Waals surface area (Å²) in [7, 11) is 0. The van der Waals surface area contributed by atoms with Gasteiger partial charge in [-0.05, 0) is 57.5 Å². The fourth-order valence-corrected chi connectivity index (χ4v) is 2.59. The minimum absolute atomic E-state index is 0.152. The van der Waals surface area contributed by atoms with Gasteiger partial charge in [-0.1, -0.05) is 6.07 Å². The number of halogens is 1. The molecule has 0 heterocycles. The average molecular weight is 419 g/mol. The van der Waals surface area contributed by atoms with Gasteiger partial charge in [0.1, 0.15) is 5.82 Å². The van der Waals surface area contributed by atoms with Crippen LogP contribution in [0.5, 0.6) is 17.2 Å². The molecule has 1 N–H and O–H groups in total. The van der Waals surface area contributed by atoms with Crippen molar-refractivity contribution in [3.8, 4) is 17.2 Å². The maximum atomic E-state index is 13.6. The summed E-state index contributed by atoms with van der Waals surface area (Å²) < 4.78 is 35.4. The van der Waals surface area contributed by atoms with Crippen LogP contribution in [0.4, 0.5) is 10.1 Å². The van der Waals surface area contributed by atoms with Gasteiger partial charge in [0, 0.05) is 5.69 Å². The molecule has 2 aromatic carbocycles. The van der Waals surface area contributed by atoms with E-state index in [2.05, 4.69) is 5.32 Å². The minimum Gasteiger partial charge on any atom is -0.490 e. The van der Waals surface area contributed by atoms with Gasteiger partial charge < -0.3 is 24.3 Å². The Kier molecular flexibility index (Phi) is 8.46. The van der Waals surface area contributed by atoms with Crippen LogP contribution >= 0.6 is 0 Å². The fourth-order valence-electron chi connectivity index (χ4n) is 2.59. The summed E-state index contributed by atoms with van der Waals surface area (Å²) in [6.07, 6.45) is 0. The molecule has 2 aromatic rings. The first-order valence-corrected chi connectivity index (χ1v) is 9.69. The largest absolute Gasteiger partial charge is 0.490 e. The van der Waals surface area contributed by atoms with Crippen LogP contribution in [0.1, 0.15) is 36.7 Å². The quantitative estimate of drug-likeness (QED) is 0.583. The molecule has 0 aromatic heterocycles. The number of carbonyl (C=O) groups is 2. The Balaban J connectivity index is 2.11. The van der Waals surface area contributed by atoms with Gasteiger partial charge in [-0.25, -0.2) is 9.18 Å². The summed E-state index contributed by atoms with van der Waals surface area (Å²) in [5.41, 5.74) is 0.891. The molecule has 0 radical (unpaired) electrons. The highest BCUT2D eigenvalue weighted by Gasteiger charge is 2.20. The van der Waals surface area contributed by atoms with Gasteiger partial charge in [0.05, 0.1) is 25.4 Å². The number of rotatable bonds is 10. The number of esters is 1. The lowest BCUT2D eigenvalue weighted by Gasteiger charge is -2.16. The van der Waals surface area contributed by atoms with Crippen LogP contribution in [0.25, 0.3) is 0 Å². The fraction of sp³-hybridized carbons (Fsp3) is 0.364. The maximum Gasteiger partial charge on any atom is 0.338 e. The second-order valence-corrected chi connectivity index (χ2v) is 6.19. The molecule has 0 atom stereocenters. The first kappa shape index (κ1) is 23.0. The molecule has 1 amide bonds. The van der Waals surface area contributed by atoms with E-state index in [4.69, 9.17) is 18.9 Å². The molecule has 0 fully saturated rings. The summed E-state index contributed by atoms with van der Waals surface area (Å²) in [6, 6.07) is 7.26. The summed E-state index contributed by atoms with van der Waals surface area (Å²) in [4.78, 5) is 24.5. The van der Waals surface area contributed by atoms with Gasteiger partial charge in [0.2, 0.25) is 5.75 Å². The molecule has 0 aliphatic carbocycles. The molecule has 0 bridgehead atoms. The molecule has 0 saturated heterocycles. The van der Waals surface area contributed by atoms with E-state index in [1.165, 1.54) is 18.2 Å². The standard InChI is InChI=1S/C22H26FNO6/c1-5-27-18-10-15(11-19(28-6-2)21(18)29-7-3)22(26)30-13-20(25)24-16-9-8-14(4)17(23)12-16/h8-12H,5-7,13H2,1-4H3,(H,24,25). The molecule has 0 saturated carbocycles. The van der Waals surface area contributed by atoms with Crippen molar-refractivity contribution in [3.63, 3.8) is 0 Å². The number of aryl methyl sites for hydroxylation is 1. The van der Waals surface area contributed by atoms with Gasteiger partial charge in [-0.15, -0.1) is 0 Å². The summed E-state index contributed by atoms with van der Waals surface area (Å²) in [5.74, 6) is -0.672. The van der Waals surface area contributed by atoms with E-state index in [0.29, 0.717) is 42.6 Å². The minimum atomic E-state index is -0.731. The smallest absolute Gasteiger partial charge is 0.338 e. The van der Waals surface area contributed by atoms with E-state index < -0.39 is 24.3 Å². The van der Waals surface area contributed by atoms with E-state index in [1.807, 2.05) is 6.92 Å². The third kappa shape index (κ3) is 6.10. The third-order valence-corrected chi connectivity index (χ3v) is 3.93. The van der Waals surface area contributed by atoms with Gasteiger partial charge in [0.25, 0.3) is 5.91 Å². The predicted molar refractivity (Wildman–Crippen MR) is 110 cm³/mol. The number of ether oxygens (including phenoxy) is 4. The molecular weight excluding hydrogens is 393 g/mol. The molecule has 8 heteroatoms. The number of hydrogen-bond donors (Lipinski definition) is 1. The van der Waals surface area contributed by atoms with E-state index in [-0.39, 0.29) is 11.3 Å². The zero-order valence-corrected chi connectivity index (χ0v) is 17.5. The second kappa shape index (κ2) is 11.0. The highest BCUT2D eigenvalue weighted by atomic mass is 19.1. The van der Waals surface area contributed by atoms with Crippen LogP contribution in [0, 0.1) is 12.7 Å². The number of amides is 1. The van der Waals surface area contributed by atoms with E-state index in [0.717, 1.165) is 0 Å². The van der Waals surface area contributed by atoms with Crippen LogP contribution in [0.2, 0.25) is 0 Å². The number of benzene rings is 2. The van der Waals surface area contributed by atoms with Gasteiger partial charge in [0.15, 0.2) is 18.1 Å². The van der Waals surface area contributed by atoms with Crippen molar-refractivity contribution >= 4 is 17.6 Å². The summed E-state index contributed by atoms with van der Waals surface area (Å²) in [5, 5.41) is 2.48. The van der Waals surface area contributed by atoms with Crippen molar-refractivity contribution < 1.29 is 32.9 Å². The van der Waals surface area contributed by atoms with Crippen molar-refractivity contribution in [1.82, 2.24) is 0 Å². The van der Waals surface area contributed by atoms with Gasteiger partial charge in [-0.2, -0.15) is 0 Å². The van der Waals surface area contributed by atoms with Crippen LogP contribution in [0.15, 0.2) is 30.3 Å². The zero-order chi connectivity index (χ0) is 22.1. The molecule has 2 rings (SSSR count). The molecule has 0 unspecified atom stereocenters. The lowest BCUT2D eigenvalue weighted by Crippen LogP contribution is -2.21. The van der Waals surface area contributed by atoms with Crippen LogP contribution in [-0.2, 0) is 9.53 Å². The van der Waals surface area contributed by atoms with Crippen molar-refractivity contribution in [2.75, 3.05) is 31.7 Å². The van der Waals surface area contributed by atoms with Gasteiger partial charge >= 0.3 is 5.97 Å². The number of nitrogens with one attached hydrogen (secondary N) is 1. The Bertz CT molecular complexity index is 872. The number of anilines is 1. The van der Waals surface area contributed by atoms with E-state index >= 15 is 0 Å². The normalized spacial score (nSPS) is 10.3. The highest BCUT2D eigenvalue weighted by Crippen LogP contribution is 2.39.